The summed E-state index contributed by atoms with van der Waals surface area (Å²) in [5, 5.41) is 14.3. The van der Waals surface area contributed by atoms with Crippen LogP contribution in [0.15, 0.2) is 18.5 Å². The smallest absolute Gasteiger partial charge is 0.423 e. The third-order valence-corrected chi connectivity index (χ3v) is 5.19. The summed E-state index contributed by atoms with van der Waals surface area (Å²) in [6, 6.07) is 1.95. The Bertz CT molecular complexity index is 798. The number of carbonyl (C=O) groups excluding carboxylic acids is 1. The summed E-state index contributed by atoms with van der Waals surface area (Å²) in [7, 11) is -0.955. The zero-order chi connectivity index (χ0) is 17.6. The summed E-state index contributed by atoms with van der Waals surface area (Å²) in [6.07, 6.45) is 4.87. The number of amides is 2. The minimum Gasteiger partial charge on any atom is -0.423 e. The SMILES string of the molecule is CC(C)CNC(=O)N1CCC2(CC1)OB(O)c1cnc3[nH]ccc3c12. The molecule has 0 unspecified atom stereocenters. The van der Waals surface area contributed by atoms with Gasteiger partial charge in [0.1, 0.15) is 5.65 Å². The van der Waals surface area contributed by atoms with Crippen molar-refractivity contribution in [3.8, 4) is 0 Å². The Kier molecular flexibility index (Phi) is 3.96. The number of pyridine rings is 1. The highest BCUT2D eigenvalue weighted by atomic mass is 16.5. The Labute approximate surface area is 146 Å². The quantitative estimate of drug-likeness (QED) is 0.709. The van der Waals surface area contributed by atoms with Gasteiger partial charge >= 0.3 is 13.1 Å². The standard InChI is InChI=1S/C17H23BN4O3/c1-11(2)9-21-16(23)22-7-4-17(5-8-22)14-12-3-6-19-15(12)20-10-13(14)18(24)25-17/h3,6,10-11,24H,4-5,7-9H2,1-2H3,(H,19,20)(H,21,23). The fourth-order valence-electron chi connectivity index (χ4n) is 3.90. The third kappa shape index (κ3) is 2.69. The number of urea groups is 1. The molecule has 2 amide bonds. The van der Waals surface area contributed by atoms with Crippen molar-refractivity contribution in [2.24, 2.45) is 5.92 Å². The lowest BCUT2D eigenvalue weighted by Crippen LogP contribution is -2.49. The molecule has 2 aliphatic rings. The maximum atomic E-state index is 12.3. The average Bonchev–Trinajstić information content (AvgIpc) is 3.16. The van der Waals surface area contributed by atoms with Crippen LogP contribution in [-0.4, -0.2) is 52.7 Å². The first-order valence-electron chi connectivity index (χ1n) is 8.85. The maximum absolute atomic E-state index is 12.3. The number of nitrogens with zero attached hydrogens (tertiary/aromatic N) is 2. The highest BCUT2D eigenvalue weighted by molar-refractivity contribution is 6.62. The van der Waals surface area contributed by atoms with E-state index in [1.165, 1.54) is 0 Å². The predicted molar refractivity (Wildman–Crippen MR) is 95.5 cm³/mol. The minimum atomic E-state index is -0.955. The average molecular weight is 342 g/mol. The molecule has 1 spiro atoms. The number of rotatable bonds is 2. The summed E-state index contributed by atoms with van der Waals surface area (Å²) in [5.74, 6) is 0.426. The molecule has 0 aliphatic carbocycles. The van der Waals surface area contributed by atoms with Gasteiger partial charge in [0.15, 0.2) is 0 Å². The van der Waals surface area contributed by atoms with E-state index in [0.29, 0.717) is 38.4 Å². The van der Waals surface area contributed by atoms with Crippen molar-refractivity contribution >= 4 is 29.6 Å². The Hall–Kier alpha value is -2.06. The number of hydrogen-bond acceptors (Lipinski definition) is 4. The first-order valence-corrected chi connectivity index (χ1v) is 8.85. The molecule has 2 aliphatic heterocycles. The van der Waals surface area contributed by atoms with E-state index in [0.717, 1.165) is 22.1 Å². The van der Waals surface area contributed by atoms with Crippen LogP contribution >= 0.6 is 0 Å². The van der Waals surface area contributed by atoms with Gasteiger partial charge < -0.3 is 24.9 Å². The molecule has 132 valence electrons. The molecule has 25 heavy (non-hydrogen) atoms. The number of aromatic amines is 1. The largest absolute Gasteiger partial charge is 0.493 e. The van der Waals surface area contributed by atoms with Crippen LogP contribution in [0.25, 0.3) is 11.0 Å². The van der Waals surface area contributed by atoms with E-state index in [-0.39, 0.29) is 6.03 Å². The fourth-order valence-corrected chi connectivity index (χ4v) is 3.90. The lowest BCUT2D eigenvalue weighted by Gasteiger charge is -2.40. The fraction of sp³-hybridized carbons (Fsp3) is 0.529. The zero-order valence-corrected chi connectivity index (χ0v) is 14.6. The number of likely N-dealkylation sites (tertiary alicyclic amines) is 1. The summed E-state index contributed by atoms with van der Waals surface area (Å²) in [4.78, 5) is 21.6. The van der Waals surface area contributed by atoms with Gasteiger partial charge in [-0.05, 0) is 30.4 Å². The van der Waals surface area contributed by atoms with Crippen molar-refractivity contribution in [3.05, 3.63) is 24.0 Å². The molecule has 3 N–H and O–H groups in total. The van der Waals surface area contributed by atoms with Crippen molar-refractivity contribution in [2.75, 3.05) is 19.6 Å². The van der Waals surface area contributed by atoms with Gasteiger partial charge in [-0.2, -0.15) is 0 Å². The van der Waals surface area contributed by atoms with Crippen LogP contribution in [0.1, 0.15) is 32.3 Å². The first kappa shape index (κ1) is 16.4. The zero-order valence-electron chi connectivity index (χ0n) is 14.6. The van der Waals surface area contributed by atoms with Crippen molar-refractivity contribution < 1.29 is 14.5 Å². The van der Waals surface area contributed by atoms with E-state index >= 15 is 0 Å². The minimum absolute atomic E-state index is 0.0242. The van der Waals surface area contributed by atoms with E-state index in [9.17, 15) is 9.82 Å². The second-order valence-corrected chi connectivity index (χ2v) is 7.36. The van der Waals surface area contributed by atoms with Crippen molar-refractivity contribution in [3.63, 3.8) is 0 Å². The van der Waals surface area contributed by atoms with Crippen molar-refractivity contribution in [2.45, 2.75) is 32.3 Å². The van der Waals surface area contributed by atoms with Crippen LogP contribution in [0, 0.1) is 5.92 Å². The summed E-state index contributed by atoms with van der Waals surface area (Å²) in [5.41, 5.74) is 2.01. The Morgan fingerprint density at radius 1 is 1.52 bits per heavy atom. The monoisotopic (exact) mass is 342 g/mol. The molecular formula is C17H23BN4O3. The van der Waals surface area contributed by atoms with Crippen LogP contribution in [0.3, 0.4) is 0 Å². The van der Waals surface area contributed by atoms with Gasteiger partial charge in [-0.25, -0.2) is 9.78 Å². The van der Waals surface area contributed by atoms with Crippen LogP contribution in [0.4, 0.5) is 4.79 Å². The van der Waals surface area contributed by atoms with Crippen LogP contribution in [-0.2, 0) is 10.3 Å². The normalized spacial score (nSPS) is 19.0. The van der Waals surface area contributed by atoms with Gasteiger partial charge in [-0.3, -0.25) is 0 Å². The van der Waals surface area contributed by atoms with Gasteiger partial charge in [0.2, 0.25) is 0 Å². The Morgan fingerprint density at radius 2 is 2.28 bits per heavy atom. The van der Waals surface area contributed by atoms with Crippen LogP contribution in [0.5, 0.6) is 0 Å². The number of fused-ring (bicyclic) bond motifs is 4. The molecule has 1 fully saturated rings. The lowest BCUT2D eigenvalue weighted by atomic mass is 9.76. The maximum Gasteiger partial charge on any atom is 0.493 e. The molecule has 4 rings (SSSR count). The van der Waals surface area contributed by atoms with Gasteiger partial charge in [0, 0.05) is 42.9 Å². The van der Waals surface area contributed by atoms with Gasteiger partial charge in [-0.1, -0.05) is 13.8 Å². The molecule has 0 saturated carbocycles. The number of aromatic nitrogens is 2. The molecule has 0 bridgehead atoms. The summed E-state index contributed by atoms with van der Waals surface area (Å²) >= 11 is 0. The number of nitrogens with one attached hydrogen (secondary N) is 2. The number of H-pyrrole nitrogens is 1. The molecule has 1 saturated heterocycles. The molecule has 8 heteroatoms. The topological polar surface area (TPSA) is 90.5 Å². The van der Waals surface area contributed by atoms with Crippen LogP contribution in [0.2, 0.25) is 0 Å². The molecular weight excluding hydrogens is 319 g/mol. The predicted octanol–water partition coefficient (Wildman–Crippen LogP) is 0.937. The van der Waals surface area contributed by atoms with Crippen LogP contribution < -0.4 is 10.8 Å². The second-order valence-electron chi connectivity index (χ2n) is 7.36. The molecule has 2 aromatic rings. The van der Waals surface area contributed by atoms with E-state index in [1.54, 1.807) is 6.20 Å². The number of carbonyl (C=O) groups is 1. The first-order chi connectivity index (χ1) is 12.0. The molecule has 2 aromatic heterocycles. The molecule has 4 heterocycles. The van der Waals surface area contributed by atoms with E-state index in [4.69, 9.17) is 4.65 Å². The van der Waals surface area contributed by atoms with Crippen molar-refractivity contribution in [1.29, 1.82) is 0 Å². The second kappa shape index (κ2) is 6.03. The Balaban J connectivity index is 1.56. The highest BCUT2D eigenvalue weighted by Crippen LogP contribution is 2.42. The summed E-state index contributed by atoms with van der Waals surface area (Å²) in [6.45, 7) is 6.03. The molecule has 0 radical (unpaired) electrons. The van der Waals surface area contributed by atoms with Gasteiger partial charge in [-0.15, -0.1) is 0 Å². The number of piperidine rings is 1. The summed E-state index contributed by atoms with van der Waals surface area (Å²) < 4.78 is 6.01. The van der Waals surface area contributed by atoms with Crippen molar-refractivity contribution in [1.82, 2.24) is 20.2 Å². The lowest BCUT2D eigenvalue weighted by molar-refractivity contribution is 0.00508. The third-order valence-electron chi connectivity index (χ3n) is 5.19. The molecule has 0 atom stereocenters. The van der Waals surface area contributed by atoms with Gasteiger partial charge in [0.05, 0.1) is 5.60 Å². The van der Waals surface area contributed by atoms with Gasteiger partial charge in [0.25, 0.3) is 0 Å². The van der Waals surface area contributed by atoms with E-state index in [1.807, 2.05) is 17.2 Å². The van der Waals surface area contributed by atoms with E-state index in [2.05, 4.69) is 29.1 Å². The Morgan fingerprint density at radius 3 is 3.00 bits per heavy atom. The van der Waals surface area contributed by atoms with E-state index < -0.39 is 12.7 Å². The molecule has 7 nitrogen and oxygen atoms in total. The highest BCUT2D eigenvalue weighted by Gasteiger charge is 2.50. The number of hydrogen-bond donors (Lipinski definition) is 3. The molecule has 0 aromatic carbocycles.